The smallest absolute Gasteiger partial charge is 0.270 e. The van der Waals surface area contributed by atoms with Crippen LogP contribution in [-0.4, -0.2) is 16.7 Å². The van der Waals surface area contributed by atoms with E-state index in [9.17, 15) is 25.0 Å². The molecule has 1 aliphatic rings. The zero-order chi connectivity index (χ0) is 24.4. The molecule has 0 saturated heterocycles. The van der Waals surface area contributed by atoms with Crippen LogP contribution in [0.1, 0.15) is 39.9 Å². The first-order chi connectivity index (χ1) is 16.3. The molecule has 0 radical (unpaired) electrons. The van der Waals surface area contributed by atoms with Crippen molar-refractivity contribution in [2.24, 2.45) is 11.7 Å². The van der Waals surface area contributed by atoms with Gasteiger partial charge in [-0.2, -0.15) is 5.26 Å². The van der Waals surface area contributed by atoms with Crippen molar-refractivity contribution >= 4 is 39.9 Å². The van der Waals surface area contributed by atoms with Crippen molar-refractivity contribution in [3.63, 3.8) is 0 Å². The van der Waals surface area contributed by atoms with Crippen molar-refractivity contribution in [3.05, 3.63) is 73.8 Å². The van der Waals surface area contributed by atoms with Crippen LogP contribution >= 0.6 is 11.3 Å². The molecule has 4 rings (SSSR count). The molecule has 2 heterocycles. The quantitative estimate of drug-likeness (QED) is 0.228. The van der Waals surface area contributed by atoms with Gasteiger partial charge in [0.25, 0.3) is 17.5 Å². The predicted molar refractivity (Wildman–Crippen MR) is 127 cm³/mol. The lowest BCUT2D eigenvalue weighted by Gasteiger charge is -2.18. The summed E-state index contributed by atoms with van der Waals surface area (Å²) >= 11 is 1.31. The van der Waals surface area contributed by atoms with Gasteiger partial charge in [0.05, 0.1) is 10.5 Å². The molecule has 1 aliphatic carbocycles. The van der Waals surface area contributed by atoms with Crippen LogP contribution in [-0.2, 0) is 17.6 Å². The number of rotatable bonds is 6. The fourth-order valence-electron chi connectivity index (χ4n) is 3.92. The first-order valence-corrected chi connectivity index (χ1v) is 11.3. The highest BCUT2D eigenvalue weighted by Gasteiger charge is 2.27. The number of thiophene rings is 1. The van der Waals surface area contributed by atoms with Crippen LogP contribution in [0.3, 0.4) is 0 Å². The van der Waals surface area contributed by atoms with Crippen molar-refractivity contribution in [2.75, 3.05) is 5.32 Å². The minimum atomic E-state index is -0.690. The second kappa shape index (κ2) is 9.33. The summed E-state index contributed by atoms with van der Waals surface area (Å²) in [5.41, 5.74) is 6.96. The Morgan fingerprint density at radius 1 is 1.35 bits per heavy atom. The van der Waals surface area contributed by atoms with Crippen molar-refractivity contribution in [1.29, 1.82) is 5.26 Å². The maximum atomic E-state index is 12.8. The van der Waals surface area contributed by atoms with Crippen LogP contribution < -0.4 is 11.1 Å². The van der Waals surface area contributed by atoms with Crippen molar-refractivity contribution in [2.45, 2.75) is 26.2 Å². The number of nitro groups is 1. The van der Waals surface area contributed by atoms with Crippen LogP contribution in [0, 0.1) is 27.4 Å². The van der Waals surface area contributed by atoms with Crippen molar-refractivity contribution < 1.29 is 18.9 Å². The number of benzene rings is 1. The first-order valence-electron chi connectivity index (χ1n) is 10.5. The van der Waals surface area contributed by atoms with E-state index in [1.165, 1.54) is 35.6 Å². The van der Waals surface area contributed by atoms with Crippen molar-refractivity contribution in [1.82, 2.24) is 0 Å². The van der Waals surface area contributed by atoms with Crippen LogP contribution in [0.25, 0.3) is 17.4 Å². The highest BCUT2D eigenvalue weighted by atomic mass is 32.1. The van der Waals surface area contributed by atoms with E-state index in [4.69, 9.17) is 10.2 Å². The Balaban J connectivity index is 1.58. The molecule has 1 atom stereocenters. The number of nitrogens with two attached hydrogens (primary N) is 1. The third-order valence-corrected chi connectivity index (χ3v) is 6.77. The summed E-state index contributed by atoms with van der Waals surface area (Å²) in [5.74, 6) is -0.252. The van der Waals surface area contributed by atoms with Crippen molar-refractivity contribution in [3.8, 4) is 17.4 Å². The minimum Gasteiger partial charge on any atom is -0.457 e. The molecule has 0 unspecified atom stereocenters. The standard InChI is InChI=1S/C24H20N4O5S/c1-13-5-7-18-20(9-13)34-24(21(18)22(26)29)27-23(30)15(12-25)11-17-6-8-19(33-17)14-3-2-4-16(10-14)28(31)32/h2-4,6,8,10-11,13H,5,7,9H2,1H3,(H2,26,29)(H,27,30)/b15-11+/t13-/m0/s1. The van der Waals surface area contributed by atoms with Gasteiger partial charge in [0.2, 0.25) is 0 Å². The highest BCUT2D eigenvalue weighted by molar-refractivity contribution is 7.17. The zero-order valence-electron chi connectivity index (χ0n) is 18.2. The van der Waals surface area contributed by atoms with Crippen LogP contribution in [0.15, 0.2) is 46.4 Å². The molecule has 0 bridgehead atoms. The van der Waals surface area contributed by atoms with Gasteiger partial charge in [0.1, 0.15) is 28.2 Å². The molecule has 2 amide bonds. The first kappa shape index (κ1) is 22.9. The molecular weight excluding hydrogens is 456 g/mol. The summed E-state index contributed by atoms with van der Waals surface area (Å²) < 4.78 is 5.68. The number of amides is 2. The second-order valence-electron chi connectivity index (χ2n) is 8.05. The molecule has 0 aliphatic heterocycles. The number of nitro benzene ring substituents is 1. The minimum absolute atomic E-state index is 0.0821. The van der Waals surface area contributed by atoms with Gasteiger partial charge < -0.3 is 15.5 Å². The summed E-state index contributed by atoms with van der Waals surface area (Å²) in [6.45, 7) is 2.13. The average molecular weight is 477 g/mol. The van der Waals surface area contributed by atoms with Gasteiger partial charge in [-0.15, -0.1) is 11.3 Å². The predicted octanol–water partition coefficient (Wildman–Crippen LogP) is 4.69. The number of hydrogen-bond donors (Lipinski definition) is 2. The lowest BCUT2D eigenvalue weighted by atomic mass is 9.88. The van der Waals surface area contributed by atoms with Gasteiger partial charge in [-0.1, -0.05) is 19.1 Å². The Morgan fingerprint density at radius 3 is 2.85 bits per heavy atom. The molecule has 34 heavy (non-hydrogen) atoms. The van der Waals surface area contributed by atoms with E-state index in [0.29, 0.717) is 27.8 Å². The summed E-state index contributed by atoms with van der Waals surface area (Å²) in [6.07, 6.45) is 3.74. The summed E-state index contributed by atoms with van der Waals surface area (Å²) in [7, 11) is 0. The van der Waals surface area contributed by atoms with Gasteiger partial charge in [0, 0.05) is 28.6 Å². The number of nitriles is 1. The third kappa shape index (κ3) is 4.60. The Labute approximate surface area is 198 Å². The van der Waals surface area contributed by atoms with E-state index in [0.717, 1.165) is 29.7 Å². The number of anilines is 1. The number of fused-ring (bicyclic) bond motifs is 1. The Bertz CT molecular complexity index is 1380. The molecule has 0 saturated carbocycles. The number of carbonyl (C=O) groups excluding carboxylic acids is 2. The van der Waals surface area contributed by atoms with Crippen LogP contribution in [0.4, 0.5) is 10.7 Å². The number of hydrogen-bond acceptors (Lipinski definition) is 7. The van der Waals surface area contributed by atoms with E-state index < -0.39 is 16.7 Å². The molecular formula is C24H20N4O5S. The third-order valence-electron chi connectivity index (χ3n) is 5.61. The summed E-state index contributed by atoms with van der Waals surface area (Å²) in [5, 5.41) is 23.6. The fourth-order valence-corrected chi connectivity index (χ4v) is 5.33. The molecule has 0 spiro atoms. The Morgan fingerprint density at radius 2 is 2.15 bits per heavy atom. The summed E-state index contributed by atoms with van der Waals surface area (Å²) in [6, 6.07) is 10.9. The van der Waals surface area contributed by atoms with Gasteiger partial charge in [0.15, 0.2) is 0 Å². The number of carbonyl (C=O) groups is 2. The highest BCUT2D eigenvalue weighted by Crippen LogP contribution is 2.39. The van der Waals surface area contributed by atoms with E-state index in [1.54, 1.807) is 18.2 Å². The molecule has 1 aromatic carbocycles. The molecule has 0 fully saturated rings. The molecule has 10 heteroatoms. The van der Waals surface area contributed by atoms with E-state index >= 15 is 0 Å². The maximum absolute atomic E-state index is 12.8. The summed E-state index contributed by atoms with van der Waals surface area (Å²) in [4.78, 5) is 36.4. The van der Waals surface area contributed by atoms with Gasteiger partial charge >= 0.3 is 0 Å². The van der Waals surface area contributed by atoms with Gasteiger partial charge in [-0.3, -0.25) is 19.7 Å². The zero-order valence-corrected chi connectivity index (χ0v) is 19.0. The van der Waals surface area contributed by atoms with E-state index in [1.807, 2.05) is 6.07 Å². The number of furan rings is 1. The van der Waals surface area contributed by atoms with E-state index in [2.05, 4.69) is 12.2 Å². The molecule has 3 aromatic rings. The topological polar surface area (TPSA) is 152 Å². The molecule has 3 N–H and O–H groups in total. The second-order valence-corrected chi connectivity index (χ2v) is 9.16. The number of primary amides is 1. The molecule has 2 aromatic heterocycles. The Kier molecular flexibility index (Phi) is 6.30. The number of non-ortho nitro benzene ring substituents is 1. The number of nitrogens with zero attached hydrogens (tertiary/aromatic N) is 2. The largest absolute Gasteiger partial charge is 0.457 e. The molecule has 9 nitrogen and oxygen atoms in total. The average Bonchev–Trinajstić information content (AvgIpc) is 3.41. The van der Waals surface area contributed by atoms with Crippen LogP contribution in [0.5, 0.6) is 0 Å². The van der Waals surface area contributed by atoms with E-state index in [-0.39, 0.29) is 17.0 Å². The lowest BCUT2D eigenvalue weighted by molar-refractivity contribution is -0.384. The molecule has 172 valence electrons. The van der Waals surface area contributed by atoms with Gasteiger partial charge in [-0.05, 0) is 42.9 Å². The van der Waals surface area contributed by atoms with Gasteiger partial charge in [-0.25, -0.2) is 0 Å². The normalized spacial score (nSPS) is 15.3. The monoisotopic (exact) mass is 476 g/mol. The number of nitrogens with one attached hydrogen (secondary N) is 1. The SMILES string of the molecule is C[C@H]1CCc2c(sc(NC(=O)/C(C#N)=C/c3ccc(-c4cccc([N+](=O)[O-])c4)o3)c2C(N)=O)C1. The fraction of sp³-hybridized carbons (Fsp3) is 0.208. The lowest BCUT2D eigenvalue weighted by Crippen LogP contribution is -2.19. The van der Waals surface area contributed by atoms with Crippen LogP contribution in [0.2, 0.25) is 0 Å². The Hall–Kier alpha value is -4.23. The maximum Gasteiger partial charge on any atom is 0.270 e.